The minimum absolute atomic E-state index is 0.000557. The first-order valence-electron chi connectivity index (χ1n) is 10.6. The van der Waals surface area contributed by atoms with Crippen molar-refractivity contribution in [3.8, 4) is 11.4 Å². The summed E-state index contributed by atoms with van der Waals surface area (Å²) in [4.78, 5) is 12.3. The second-order valence-corrected chi connectivity index (χ2v) is 8.55. The number of amidine groups is 1. The monoisotopic (exact) mass is 418 g/mol. The van der Waals surface area contributed by atoms with E-state index in [1.807, 2.05) is 43.1 Å². The van der Waals surface area contributed by atoms with Gasteiger partial charge in [0.25, 0.3) is 0 Å². The van der Waals surface area contributed by atoms with Crippen LogP contribution in [-0.4, -0.2) is 38.0 Å². The molecule has 0 unspecified atom stereocenters. The fourth-order valence-corrected chi connectivity index (χ4v) is 5.75. The third kappa shape index (κ3) is 3.29. The summed E-state index contributed by atoms with van der Waals surface area (Å²) in [5.41, 5.74) is 3.40. The summed E-state index contributed by atoms with van der Waals surface area (Å²) in [5.74, 6) is 2.00. The van der Waals surface area contributed by atoms with Gasteiger partial charge in [0.1, 0.15) is 17.8 Å². The van der Waals surface area contributed by atoms with E-state index in [1.165, 1.54) is 5.69 Å². The highest BCUT2D eigenvalue weighted by molar-refractivity contribution is 8.14. The first kappa shape index (κ1) is 19.2. The van der Waals surface area contributed by atoms with Crippen LogP contribution in [0.4, 0.5) is 0 Å². The Morgan fingerprint density at radius 2 is 1.93 bits per heavy atom. The maximum atomic E-state index is 5.62. The van der Waals surface area contributed by atoms with Gasteiger partial charge in [0.2, 0.25) is 0 Å². The first-order chi connectivity index (χ1) is 14.8. The fraction of sp³-hybridized carbons (Fsp3) is 0.333. The van der Waals surface area contributed by atoms with Crippen LogP contribution in [0.25, 0.3) is 5.69 Å². The number of thioether (sulfide) groups is 1. The number of benzene rings is 1. The van der Waals surface area contributed by atoms with Crippen LogP contribution in [0.15, 0.2) is 72.0 Å². The number of aliphatic imine (C=N–C) groups is 1. The van der Waals surface area contributed by atoms with Crippen LogP contribution in [-0.2, 0) is 0 Å². The standard InChI is InChI=1S/C24H26N4OS/c1-3-17-16-30-24-26-22(20-8-5-6-14-25-20)23(28(17)24)21-9-7-15-27(21)18-10-12-19(13-11-18)29-4-2/h5-15,17,22-23H,3-4,16H2,1-2H3/t17-,22-,23-/m1/s1. The third-order valence-electron chi connectivity index (χ3n) is 5.84. The molecular weight excluding hydrogens is 392 g/mol. The lowest BCUT2D eigenvalue weighted by atomic mass is 9.99. The molecule has 0 radical (unpaired) electrons. The summed E-state index contributed by atoms with van der Waals surface area (Å²) in [7, 11) is 0. The number of hydrogen-bond donors (Lipinski definition) is 0. The van der Waals surface area contributed by atoms with E-state index in [0.717, 1.165) is 34.5 Å². The molecule has 1 fully saturated rings. The van der Waals surface area contributed by atoms with Crippen molar-refractivity contribution in [2.75, 3.05) is 12.4 Å². The van der Waals surface area contributed by atoms with Crippen LogP contribution in [0.3, 0.4) is 0 Å². The van der Waals surface area contributed by atoms with Gasteiger partial charge in [-0.3, -0.25) is 9.98 Å². The molecule has 4 heterocycles. The quantitative estimate of drug-likeness (QED) is 0.548. The zero-order valence-electron chi connectivity index (χ0n) is 17.3. The highest BCUT2D eigenvalue weighted by Crippen LogP contribution is 2.48. The molecule has 0 saturated carbocycles. The number of ether oxygens (including phenoxy) is 1. The second kappa shape index (κ2) is 8.19. The molecule has 1 saturated heterocycles. The Morgan fingerprint density at radius 1 is 1.07 bits per heavy atom. The Balaban J connectivity index is 1.57. The van der Waals surface area contributed by atoms with Crippen LogP contribution in [0.5, 0.6) is 5.75 Å². The molecule has 5 nitrogen and oxygen atoms in total. The van der Waals surface area contributed by atoms with Crippen LogP contribution < -0.4 is 4.74 Å². The molecule has 0 aliphatic carbocycles. The van der Waals surface area contributed by atoms with Gasteiger partial charge >= 0.3 is 0 Å². The van der Waals surface area contributed by atoms with Gasteiger partial charge in [0, 0.05) is 35.6 Å². The molecule has 6 heteroatoms. The van der Waals surface area contributed by atoms with Crippen molar-refractivity contribution in [3.63, 3.8) is 0 Å². The van der Waals surface area contributed by atoms with Crippen LogP contribution >= 0.6 is 11.8 Å². The number of hydrogen-bond acceptors (Lipinski definition) is 5. The topological polar surface area (TPSA) is 42.6 Å². The van der Waals surface area contributed by atoms with Gasteiger partial charge in [-0.2, -0.15) is 0 Å². The molecule has 0 bridgehead atoms. The number of nitrogens with zero attached hydrogens (tertiary/aromatic N) is 4. The zero-order valence-corrected chi connectivity index (χ0v) is 18.1. The largest absolute Gasteiger partial charge is 0.494 e. The Kier molecular flexibility index (Phi) is 5.25. The predicted molar refractivity (Wildman–Crippen MR) is 122 cm³/mol. The predicted octanol–water partition coefficient (Wildman–Crippen LogP) is 5.25. The van der Waals surface area contributed by atoms with Gasteiger partial charge in [-0.05, 0) is 61.9 Å². The Labute approximate surface area is 181 Å². The number of fused-ring (bicyclic) bond motifs is 1. The number of pyridine rings is 1. The van der Waals surface area contributed by atoms with E-state index in [-0.39, 0.29) is 12.1 Å². The average Bonchev–Trinajstić information content (AvgIpc) is 3.50. The lowest BCUT2D eigenvalue weighted by Crippen LogP contribution is -2.36. The van der Waals surface area contributed by atoms with Gasteiger partial charge in [-0.25, -0.2) is 0 Å². The average molecular weight is 419 g/mol. The minimum atomic E-state index is -0.000557. The first-order valence-corrected chi connectivity index (χ1v) is 11.6. The molecular formula is C24H26N4OS. The van der Waals surface area contributed by atoms with Crippen molar-refractivity contribution in [1.82, 2.24) is 14.5 Å². The van der Waals surface area contributed by atoms with E-state index < -0.39 is 0 Å². The fourth-order valence-electron chi connectivity index (χ4n) is 4.41. The van der Waals surface area contributed by atoms with Crippen molar-refractivity contribution in [2.24, 2.45) is 4.99 Å². The molecule has 1 aromatic carbocycles. The highest BCUT2D eigenvalue weighted by Gasteiger charge is 2.46. The van der Waals surface area contributed by atoms with Gasteiger partial charge in [0.15, 0.2) is 5.17 Å². The summed E-state index contributed by atoms with van der Waals surface area (Å²) in [6.07, 6.45) is 5.12. The van der Waals surface area contributed by atoms with Crippen molar-refractivity contribution >= 4 is 16.9 Å². The molecule has 5 rings (SSSR count). The van der Waals surface area contributed by atoms with Gasteiger partial charge in [0.05, 0.1) is 12.3 Å². The van der Waals surface area contributed by atoms with Crippen molar-refractivity contribution in [2.45, 2.75) is 38.4 Å². The Hall–Kier alpha value is -2.73. The molecule has 0 N–H and O–H groups in total. The lowest BCUT2D eigenvalue weighted by molar-refractivity contribution is 0.249. The maximum Gasteiger partial charge on any atom is 0.160 e. The van der Waals surface area contributed by atoms with E-state index in [4.69, 9.17) is 9.73 Å². The SMILES string of the molecule is CCOc1ccc(-n2cccc2[C@@H]2[C@@H](c3ccccn3)N=C3SC[C@@H](CC)N32)cc1. The molecule has 154 valence electrons. The molecule has 2 aromatic heterocycles. The molecule has 0 amide bonds. The number of rotatable bonds is 6. The summed E-state index contributed by atoms with van der Waals surface area (Å²) in [6.45, 7) is 4.95. The van der Waals surface area contributed by atoms with Crippen LogP contribution in [0.2, 0.25) is 0 Å². The third-order valence-corrected chi connectivity index (χ3v) is 6.96. The van der Waals surface area contributed by atoms with Crippen LogP contribution in [0, 0.1) is 0 Å². The van der Waals surface area contributed by atoms with E-state index >= 15 is 0 Å². The minimum Gasteiger partial charge on any atom is -0.494 e. The summed E-state index contributed by atoms with van der Waals surface area (Å²) >= 11 is 1.88. The zero-order chi connectivity index (χ0) is 20.5. The second-order valence-electron chi connectivity index (χ2n) is 7.57. The Morgan fingerprint density at radius 3 is 2.67 bits per heavy atom. The maximum absolute atomic E-state index is 5.62. The number of aromatic nitrogens is 2. The van der Waals surface area contributed by atoms with Gasteiger partial charge in [-0.1, -0.05) is 24.8 Å². The smallest absolute Gasteiger partial charge is 0.160 e. The van der Waals surface area contributed by atoms with E-state index in [2.05, 4.69) is 64.0 Å². The molecule has 0 spiro atoms. The molecule has 2 aliphatic heterocycles. The molecule has 3 atom stereocenters. The lowest BCUT2D eigenvalue weighted by Gasteiger charge is -2.32. The molecule has 3 aromatic rings. The van der Waals surface area contributed by atoms with Crippen molar-refractivity contribution in [1.29, 1.82) is 0 Å². The Bertz CT molecular complexity index is 1030. The molecule has 30 heavy (non-hydrogen) atoms. The van der Waals surface area contributed by atoms with E-state index in [0.29, 0.717) is 12.6 Å². The van der Waals surface area contributed by atoms with Crippen molar-refractivity contribution in [3.05, 3.63) is 78.4 Å². The van der Waals surface area contributed by atoms with E-state index in [9.17, 15) is 0 Å². The normalized spacial score (nSPS) is 22.8. The molecule has 2 aliphatic rings. The summed E-state index contributed by atoms with van der Waals surface area (Å²) in [5, 5.41) is 1.15. The summed E-state index contributed by atoms with van der Waals surface area (Å²) in [6, 6.07) is 19.4. The van der Waals surface area contributed by atoms with Crippen LogP contribution in [0.1, 0.15) is 43.7 Å². The van der Waals surface area contributed by atoms with Gasteiger partial charge in [-0.15, -0.1) is 0 Å². The summed E-state index contributed by atoms with van der Waals surface area (Å²) < 4.78 is 7.90. The van der Waals surface area contributed by atoms with E-state index in [1.54, 1.807) is 0 Å². The van der Waals surface area contributed by atoms with Gasteiger partial charge < -0.3 is 14.2 Å². The highest BCUT2D eigenvalue weighted by atomic mass is 32.2. The van der Waals surface area contributed by atoms with Crippen molar-refractivity contribution < 1.29 is 4.74 Å².